The molecule has 0 saturated heterocycles. The Bertz CT molecular complexity index is 596. The summed E-state index contributed by atoms with van der Waals surface area (Å²) in [5.74, 6) is -0.459. The van der Waals surface area contributed by atoms with Crippen molar-refractivity contribution < 1.29 is 13.0 Å². The molecule has 2 rings (SSSR count). The van der Waals surface area contributed by atoms with E-state index in [0.717, 1.165) is 11.1 Å². The minimum atomic E-state index is -1.32. The highest BCUT2D eigenvalue weighted by Gasteiger charge is 2.08. The van der Waals surface area contributed by atoms with Crippen LogP contribution in [0.3, 0.4) is 0 Å². The van der Waals surface area contributed by atoms with Gasteiger partial charge in [-0.2, -0.15) is 0 Å². The smallest absolute Gasteiger partial charge is 0.124 e. The van der Waals surface area contributed by atoms with Gasteiger partial charge in [-0.1, -0.05) is 12.1 Å². The van der Waals surface area contributed by atoms with Crippen LogP contribution in [0, 0.1) is 18.6 Å². The van der Waals surface area contributed by atoms with Crippen molar-refractivity contribution in [2.24, 2.45) is 0 Å². The van der Waals surface area contributed by atoms with Gasteiger partial charge in [-0.3, -0.25) is 4.21 Å². The molecule has 2 aromatic rings. The van der Waals surface area contributed by atoms with Crippen molar-refractivity contribution >= 4 is 10.8 Å². The molecule has 0 aromatic heterocycles. The second-order valence-electron chi connectivity index (χ2n) is 4.02. The van der Waals surface area contributed by atoms with E-state index in [2.05, 4.69) is 0 Å². The van der Waals surface area contributed by atoms with Gasteiger partial charge in [-0.25, -0.2) is 8.78 Å². The summed E-state index contributed by atoms with van der Waals surface area (Å²) in [4.78, 5) is 0.443. The van der Waals surface area contributed by atoms with Gasteiger partial charge < -0.3 is 0 Å². The fourth-order valence-corrected chi connectivity index (χ4v) is 2.90. The largest absolute Gasteiger partial charge is 0.254 e. The first-order valence-electron chi connectivity index (χ1n) is 5.45. The van der Waals surface area contributed by atoms with Crippen molar-refractivity contribution in [3.8, 4) is 0 Å². The van der Waals surface area contributed by atoms with E-state index >= 15 is 0 Å². The zero-order valence-electron chi connectivity index (χ0n) is 9.82. The predicted molar refractivity (Wildman–Crippen MR) is 67.6 cm³/mol. The van der Waals surface area contributed by atoms with Gasteiger partial charge in [-0.05, 0) is 48.4 Å². The molecule has 0 heterocycles. The van der Waals surface area contributed by atoms with E-state index in [1.807, 2.05) is 0 Å². The Morgan fingerprint density at radius 1 is 1.06 bits per heavy atom. The molecule has 1 unspecified atom stereocenters. The molecular formula is C14H12F2OS. The van der Waals surface area contributed by atoms with Gasteiger partial charge in [0.2, 0.25) is 0 Å². The van der Waals surface area contributed by atoms with Crippen LogP contribution in [0.25, 0.3) is 0 Å². The first-order chi connectivity index (χ1) is 8.56. The highest BCUT2D eigenvalue weighted by atomic mass is 32.2. The lowest BCUT2D eigenvalue weighted by atomic mass is 10.1. The van der Waals surface area contributed by atoms with Crippen LogP contribution in [0.1, 0.15) is 11.1 Å². The Kier molecular flexibility index (Phi) is 3.87. The number of halogens is 2. The second kappa shape index (κ2) is 5.40. The van der Waals surface area contributed by atoms with Crippen LogP contribution in [0.5, 0.6) is 0 Å². The molecular weight excluding hydrogens is 254 g/mol. The topological polar surface area (TPSA) is 17.1 Å². The molecule has 1 nitrogen and oxygen atoms in total. The van der Waals surface area contributed by atoms with Crippen LogP contribution in [-0.2, 0) is 16.6 Å². The lowest BCUT2D eigenvalue weighted by molar-refractivity contribution is 0.622. The number of hydrogen-bond acceptors (Lipinski definition) is 1. The molecule has 0 bridgehead atoms. The van der Waals surface area contributed by atoms with E-state index in [9.17, 15) is 13.0 Å². The summed E-state index contributed by atoms with van der Waals surface area (Å²) in [7, 11) is -1.32. The van der Waals surface area contributed by atoms with Crippen molar-refractivity contribution in [3.05, 3.63) is 65.2 Å². The Morgan fingerprint density at radius 3 is 2.44 bits per heavy atom. The third-order valence-corrected chi connectivity index (χ3v) is 4.00. The number of hydrogen-bond donors (Lipinski definition) is 0. The lowest BCUT2D eigenvalue weighted by Gasteiger charge is -2.06. The average molecular weight is 266 g/mol. The Balaban J connectivity index is 2.21. The van der Waals surface area contributed by atoms with Crippen molar-refractivity contribution in [3.63, 3.8) is 0 Å². The van der Waals surface area contributed by atoms with Gasteiger partial charge in [0, 0.05) is 4.90 Å². The first kappa shape index (κ1) is 12.9. The molecule has 2 aromatic carbocycles. The monoisotopic (exact) mass is 266 g/mol. The summed E-state index contributed by atoms with van der Waals surface area (Å²) in [5.41, 5.74) is 1.55. The third-order valence-electron chi connectivity index (χ3n) is 2.65. The molecule has 0 radical (unpaired) electrons. The molecule has 0 fully saturated rings. The molecule has 0 amide bonds. The molecule has 94 valence electrons. The van der Waals surface area contributed by atoms with Crippen LogP contribution >= 0.6 is 0 Å². The minimum absolute atomic E-state index is 0.259. The van der Waals surface area contributed by atoms with Crippen molar-refractivity contribution in [2.45, 2.75) is 17.6 Å². The third kappa shape index (κ3) is 3.01. The van der Waals surface area contributed by atoms with E-state index in [0.29, 0.717) is 4.90 Å². The quantitative estimate of drug-likeness (QED) is 0.830. The molecule has 0 spiro atoms. The van der Waals surface area contributed by atoms with Gasteiger partial charge >= 0.3 is 0 Å². The predicted octanol–water partition coefficient (Wildman–Crippen LogP) is 3.58. The maximum Gasteiger partial charge on any atom is 0.124 e. The molecule has 1 atom stereocenters. The summed E-state index contributed by atoms with van der Waals surface area (Å²) in [6.45, 7) is 1.77. The number of aryl methyl sites for hydroxylation is 1. The summed E-state index contributed by atoms with van der Waals surface area (Å²) in [6.07, 6.45) is 0. The number of rotatable bonds is 3. The Labute approximate surface area is 107 Å². The van der Waals surface area contributed by atoms with E-state index < -0.39 is 16.6 Å². The van der Waals surface area contributed by atoms with Crippen molar-refractivity contribution in [1.29, 1.82) is 0 Å². The zero-order chi connectivity index (χ0) is 13.1. The molecule has 0 aliphatic rings. The molecule has 0 aliphatic carbocycles. The molecule has 18 heavy (non-hydrogen) atoms. The van der Waals surface area contributed by atoms with Crippen molar-refractivity contribution in [1.82, 2.24) is 0 Å². The lowest BCUT2D eigenvalue weighted by Crippen LogP contribution is -1.99. The highest BCUT2D eigenvalue weighted by molar-refractivity contribution is 7.84. The molecule has 0 aliphatic heterocycles. The fourth-order valence-electron chi connectivity index (χ4n) is 1.65. The first-order valence-corrected chi connectivity index (χ1v) is 6.77. The summed E-state index contributed by atoms with van der Waals surface area (Å²) in [5, 5.41) is 0. The molecule has 0 saturated carbocycles. The maximum atomic E-state index is 13.0. The summed E-state index contributed by atoms with van der Waals surface area (Å²) >= 11 is 0. The van der Waals surface area contributed by atoms with E-state index in [4.69, 9.17) is 0 Å². The fraction of sp³-hybridized carbons (Fsp3) is 0.143. The second-order valence-corrected chi connectivity index (χ2v) is 5.47. The number of benzene rings is 2. The van der Waals surface area contributed by atoms with Gasteiger partial charge in [0.1, 0.15) is 11.6 Å². The molecule has 0 N–H and O–H groups in total. The van der Waals surface area contributed by atoms with E-state index in [1.165, 1.54) is 30.3 Å². The van der Waals surface area contributed by atoms with Gasteiger partial charge in [0.05, 0.1) is 16.6 Å². The standard InChI is InChI=1S/C14H12F2OS/c1-10-7-13(16)6-5-11(10)9-18(17)14-4-2-3-12(15)8-14/h2-8H,9H2,1H3. The van der Waals surface area contributed by atoms with Crippen LogP contribution in [0.2, 0.25) is 0 Å². The molecule has 4 heteroatoms. The van der Waals surface area contributed by atoms with Gasteiger partial charge in [0.25, 0.3) is 0 Å². The normalized spacial score (nSPS) is 12.4. The minimum Gasteiger partial charge on any atom is -0.254 e. The average Bonchev–Trinajstić information content (AvgIpc) is 2.32. The van der Waals surface area contributed by atoms with Crippen LogP contribution in [-0.4, -0.2) is 4.21 Å². The van der Waals surface area contributed by atoms with E-state index in [1.54, 1.807) is 19.1 Å². The van der Waals surface area contributed by atoms with Crippen LogP contribution in [0.15, 0.2) is 47.4 Å². The maximum absolute atomic E-state index is 13.0. The summed E-state index contributed by atoms with van der Waals surface area (Å²) < 4.78 is 38.0. The van der Waals surface area contributed by atoms with Crippen LogP contribution < -0.4 is 0 Å². The Morgan fingerprint density at radius 2 is 1.78 bits per heavy atom. The van der Waals surface area contributed by atoms with Crippen molar-refractivity contribution in [2.75, 3.05) is 0 Å². The SMILES string of the molecule is Cc1cc(F)ccc1CS(=O)c1cccc(F)c1. The van der Waals surface area contributed by atoms with Crippen LogP contribution in [0.4, 0.5) is 8.78 Å². The zero-order valence-corrected chi connectivity index (χ0v) is 10.6. The highest BCUT2D eigenvalue weighted by Crippen LogP contribution is 2.17. The van der Waals surface area contributed by atoms with Gasteiger partial charge in [0.15, 0.2) is 0 Å². The van der Waals surface area contributed by atoms with Gasteiger partial charge in [-0.15, -0.1) is 0 Å². The van der Waals surface area contributed by atoms with E-state index in [-0.39, 0.29) is 11.6 Å². The summed E-state index contributed by atoms with van der Waals surface area (Å²) in [6, 6.07) is 10.1. The Hall–Kier alpha value is -1.55.